The van der Waals surface area contributed by atoms with Crippen molar-refractivity contribution in [1.82, 2.24) is 25.8 Å². The molecule has 0 saturated carbocycles. The summed E-state index contributed by atoms with van der Waals surface area (Å²) in [5, 5.41) is 20.9. The second kappa shape index (κ2) is 6.84. The number of nitrogens with zero attached hydrogens (tertiary/aromatic N) is 4. The molecule has 3 aromatic rings. The van der Waals surface area contributed by atoms with Crippen LogP contribution in [0.5, 0.6) is 0 Å². The molecule has 0 saturated heterocycles. The monoisotopic (exact) mass is 338 g/mol. The molecule has 1 aliphatic carbocycles. The molecule has 4 rings (SSSR count). The van der Waals surface area contributed by atoms with Crippen molar-refractivity contribution in [1.29, 1.82) is 0 Å². The number of rotatable bonds is 4. The van der Waals surface area contributed by atoms with Crippen LogP contribution in [0.25, 0.3) is 0 Å². The maximum atomic E-state index is 12.7. The number of hydrogen-bond donors (Lipinski definition) is 2. The van der Waals surface area contributed by atoms with Crippen LogP contribution in [0.4, 0.5) is 5.69 Å². The highest BCUT2D eigenvalue weighted by Crippen LogP contribution is 2.25. The third-order valence-corrected chi connectivity index (χ3v) is 4.42. The van der Waals surface area contributed by atoms with Crippen LogP contribution in [0.15, 0.2) is 28.8 Å². The first-order chi connectivity index (χ1) is 12.3. The van der Waals surface area contributed by atoms with E-state index in [-0.39, 0.29) is 5.91 Å². The van der Waals surface area contributed by atoms with Gasteiger partial charge in [0.05, 0.1) is 0 Å². The summed E-state index contributed by atoms with van der Waals surface area (Å²) in [5.74, 6) is 1.17. The number of para-hydroxylation sites is 1. The van der Waals surface area contributed by atoms with Crippen LogP contribution in [0, 0.1) is 0 Å². The zero-order valence-corrected chi connectivity index (χ0v) is 13.7. The Morgan fingerprint density at radius 3 is 2.96 bits per heavy atom. The van der Waals surface area contributed by atoms with Crippen molar-refractivity contribution >= 4 is 11.6 Å². The van der Waals surface area contributed by atoms with E-state index < -0.39 is 0 Å². The van der Waals surface area contributed by atoms with Gasteiger partial charge in [-0.25, -0.2) is 0 Å². The average molecular weight is 338 g/mol. The fourth-order valence-electron chi connectivity index (χ4n) is 3.15. The van der Waals surface area contributed by atoms with E-state index in [1.165, 1.54) is 0 Å². The van der Waals surface area contributed by atoms with Gasteiger partial charge in [0.15, 0.2) is 11.5 Å². The SMILES string of the molecule is O=C(Nc1ccccc1Cc1nn[nH]n1)c1noc2c1CCCCC2. The second-order valence-electron chi connectivity index (χ2n) is 6.11. The van der Waals surface area contributed by atoms with Gasteiger partial charge in [0.1, 0.15) is 5.76 Å². The van der Waals surface area contributed by atoms with Gasteiger partial charge in [0.2, 0.25) is 0 Å². The molecule has 1 aromatic carbocycles. The van der Waals surface area contributed by atoms with Gasteiger partial charge in [0.25, 0.3) is 5.91 Å². The average Bonchev–Trinajstić information content (AvgIpc) is 3.21. The van der Waals surface area contributed by atoms with E-state index in [4.69, 9.17) is 4.52 Å². The second-order valence-corrected chi connectivity index (χ2v) is 6.11. The molecule has 2 N–H and O–H groups in total. The summed E-state index contributed by atoms with van der Waals surface area (Å²) in [7, 11) is 0. The summed E-state index contributed by atoms with van der Waals surface area (Å²) in [6.45, 7) is 0. The van der Waals surface area contributed by atoms with Gasteiger partial charge in [-0.3, -0.25) is 4.79 Å². The molecule has 0 bridgehead atoms. The first-order valence-corrected chi connectivity index (χ1v) is 8.40. The molecule has 0 radical (unpaired) electrons. The van der Waals surface area contributed by atoms with Crippen LogP contribution in [0.1, 0.15) is 52.5 Å². The summed E-state index contributed by atoms with van der Waals surface area (Å²) >= 11 is 0. The quantitative estimate of drug-likeness (QED) is 0.706. The van der Waals surface area contributed by atoms with Crippen LogP contribution in [-0.4, -0.2) is 31.7 Å². The highest BCUT2D eigenvalue weighted by Gasteiger charge is 2.23. The molecule has 0 aliphatic heterocycles. The number of benzene rings is 1. The van der Waals surface area contributed by atoms with E-state index in [0.717, 1.165) is 49.0 Å². The number of H-pyrrole nitrogens is 1. The number of nitrogens with one attached hydrogen (secondary N) is 2. The van der Waals surface area contributed by atoms with Crippen LogP contribution in [0.2, 0.25) is 0 Å². The number of anilines is 1. The standard InChI is InChI=1S/C17H18N6O2/c24-17(16-12-7-2-1-3-9-14(12)25-21-16)18-13-8-5-4-6-11(13)10-15-19-22-23-20-15/h4-6,8H,1-3,7,9-10H2,(H,18,24)(H,19,20,22,23). The van der Waals surface area contributed by atoms with E-state index in [1.54, 1.807) is 0 Å². The lowest BCUT2D eigenvalue weighted by atomic mass is 10.1. The van der Waals surface area contributed by atoms with Gasteiger partial charge in [0, 0.05) is 24.1 Å². The number of tetrazole rings is 1. The Morgan fingerprint density at radius 1 is 1.20 bits per heavy atom. The predicted octanol–water partition coefficient (Wildman–Crippen LogP) is 2.30. The van der Waals surface area contributed by atoms with Crippen LogP contribution in [-0.2, 0) is 19.3 Å². The summed E-state index contributed by atoms with van der Waals surface area (Å²) in [5.41, 5.74) is 2.96. The third-order valence-electron chi connectivity index (χ3n) is 4.42. The van der Waals surface area contributed by atoms with Gasteiger partial charge in [-0.1, -0.05) is 35.0 Å². The number of fused-ring (bicyclic) bond motifs is 1. The number of carbonyl (C=O) groups excluding carboxylic acids is 1. The number of carbonyl (C=O) groups is 1. The lowest BCUT2D eigenvalue weighted by Crippen LogP contribution is -2.16. The molecule has 25 heavy (non-hydrogen) atoms. The van der Waals surface area contributed by atoms with Gasteiger partial charge in [-0.2, -0.15) is 5.21 Å². The fraction of sp³-hybridized carbons (Fsp3) is 0.353. The Bertz CT molecular complexity index is 871. The molecule has 8 heteroatoms. The Morgan fingerprint density at radius 2 is 2.08 bits per heavy atom. The van der Waals surface area contributed by atoms with E-state index >= 15 is 0 Å². The zero-order chi connectivity index (χ0) is 17.1. The van der Waals surface area contributed by atoms with Crippen LogP contribution < -0.4 is 5.32 Å². The molecule has 2 aromatic heterocycles. The Labute approximate surface area is 144 Å². The lowest BCUT2D eigenvalue weighted by Gasteiger charge is -2.09. The Hall–Kier alpha value is -3.03. The number of aryl methyl sites for hydroxylation is 1. The molecule has 0 unspecified atom stereocenters. The zero-order valence-electron chi connectivity index (χ0n) is 13.7. The molecular formula is C17H18N6O2. The van der Waals surface area contributed by atoms with Crippen molar-refractivity contribution in [2.24, 2.45) is 0 Å². The third kappa shape index (κ3) is 3.28. The molecule has 0 atom stereocenters. The first kappa shape index (κ1) is 15.5. The van der Waals surface area contributed by atoms with Crippen molar-refractivity contribution < 1.29 is 9.32 Å². The highest BCUT2D eigenvalue weighted by molar-refractivity contribution is 6.04. The van der Waals surface area contributed by atoms with Crippen molar-refractivity contribution in [3.8, 4) is 0 Å². The van der Waals surface area contributed by atoms with Gasteiger partial charge < -0.3 is 9.84 Å². The first-order valence-electron chi connectivity index (χ1n) is 8.40. The number of amides is 1. The Kier molecular flexibility index (Phi) is 4.24. The molecule has 0 spiro atoms. The van der Waals surface area contributed by atoms with E-state index in [0.29, 0.717) is 23.6 Å². The minimum Gasteiger partial charge on any atom is -0.360 e. The van der Waals surface area contributed by atoms with Crippen molar-refractivity contribution in [3.63, 3.8) is 0 Å². The largest absolute Gasteiger partial charge is 0.360 e. The lowest BCUT2D eigenvalue weighted by molar-refractivity contribution is 0.101. The predicted molar refractivity (Wildman–Crippen MR) is 89.1 cm³/mol. The van der Waals surface area contributed by atoms with Gasteiger partial charge in [-0.05, 0) is 30.9 Å². The van der Waals surface area contributed by atoms with Gasteiger partial charge >= 0.3 is 0 Å². The van der Waals surface area contributed by atoms with Gasteiger partial charge in [-0.15, -0.1) is 10.2 Å². The van der Waals surface area contributed by atoms with Crippen molar-refractivity contribution in [2.45, 2.75) is 38.5 Å². The maximum Gasteiger partial charge on any atom is 0.278 e. The normalized spacial score (nSPS) is 13.9. The number of aromatic amines is 1. The molecule has 8 nitrogen and oxygen atoms in total. The van der Waals surface area contributed by atoms with Crippen molar-refractivity contribution in [2.75, 3.05) is 5.32 Å². The minimum absolute atomic E-state index is 0.243. The minimum atomic E-state index is -0.243. The topological polar surface area (TPSA) is 110 Å². The smallest absolute Gasteiger partial charge is 0.278 e. The summed E-state index contributed by atoms with van der Waals surface area (Å²) in [4.78, 5) is 12.7. The summed E-state index contributed by atoms with van der Waals surface area (Å²) in [6.07, 6.45) is 5.46. The summed E-state index contributed by atoms with van der Waals surface area (Å²) < 4.78 is 5.40. The molecule has 128 valence electrons. The van der Waals surface area contributed by atoms with Crippen LogP contribution >= 0.6 is 0 Å². The fourth-order valence-corrected chi connectivity index (χ4v) is 3.15. The summed E-state index contributed by atoms with van der Waals surface area (Å²) in [6, 6.07) is 7.56. The Balaban J connectivity index is 1.56. The van der Waals surface area contributed by atoms with Crippen molar-refractivity contribution in [3.05, 3.63) is 52.7 Å². The maximum absolute atomic E-state index is 12.7. The van der Waals surface area contributed by atoms with E-state index in [1.807, 2.05) is 24.3 Å². The number of aromatic nitrogens is 5. The van der Waals surface area contributed by atoms with E-state index in [2.05, 4.69) is 31.1 Å². The van der Waals surface area contributed by atoms with Crippen LogP contribution in [0.3, 0.4) is 0 Å². The molecule has 1 aliphatic rings. The van der Waals surface area contributed by atoms with E-state index in [9.17, 15) is 4.79 Å². The molecule has 0 fully saturated rings. The molecular weight excluding hydrogens is 320 g/mol. The number of hydrogen-bond acceptors (Lipinski definition) is 6. The molecule has 2 heterocycles. The highest BCUT2D eigenvalue weighted by atomic mass is 16.5. The molecule has 1 amide bonds.